The Hall–Kier alpha value is -0.710. The fourth-order valence-electron chi connectivity index (χ4n) is 1.77. The molecule has 0 atom stereocenters. The first-order chi connectivity index (χ1) is 8.70. The standard InChI is InChI=1S/C14H16BrNOS/c1-3-17-8-7-13-16-14(10(2)18-13)11-5-4-6-12(15)9-11/h4-6,9H,3,7-8H2,1-2H3. The van der Waals surface area contributed by atoms with Gasteiger partial charge in [-0.2, -0.15) is 0 Å². The maximum absolute atomic E-state index is 5.37. The van der Waals surface area contributed by atoms with Crippen LogP contribution in [0.5, 0.6) is 0 Å². The van der Waals surface area contributed by atoms with Crippen molar-refractivity contribution in [2.45, 2.75) is 20.3 Å². The second-order valence-corrected chi connectivity index (χ2v) is 6.17. The van der Waals surface area contributed by atoms with Crippen molar-refractivity contribution in [1.82, 2.24) is 4.98 Å². The van der Waals surface area contributed by atoms with Crippen molar-refractivity contribution >= 4 is 27.3 Å². The number of hydrogen-bond donors (Lipinski definition) is 0. The van der Waals surface area contributed by atoms with E-state index in [0.29, 0.717) is 0 Å². The summed E-state index contributed by atoms with van der Waals surface area (Å²) >= 11 is 5.26. The quantitative estimate of drug-likeness (QED) is 0.757. The lowest BCUT2D eigenvalue weighted by Crippen LogP contribution is -1.97. The fraction of sp³-hybridized carbons (Fsp3) is 0.357. The van der Waals surface area contributed by atoms with Crippen LogP contribution in [0.1, 0.15) is 16.8 Å². The SMILES string of the molecule is CCOCCc1nc(-c2cccc(Br)c2)c(C)s1. The highest BCUT2D eigenvalue weighted by Gasteiger charge is 2.09. The van der Waals surface area contributed by atoms with E-state index in [1.54, 1.807) is 11.3 Å². The third kappa shape index (κ3) is 3.40. The van der Waals surface area contributed by atoms with E-state index in [4.69, 9.17) is 9.72 Å². The maximum atomic E-state index is 5.37. The van der Waals surface area contributed by atoms with E-state index >= 15 is 0 Å². The van der Waals surface area contributed by atoms with Crippen LogP contribution in [-0.2, 0) is 11.2 Å². The minimum absolute atomic E-state index is 0.751. The van der Waals surface area contributed by atoms with Crippen LogP contribution in [-0.4, -0.2) is 18.2 Å². The monoisotopic (exact) mass is 325 g/mol. The van der Waals surface area contributed by atoms with Crippen LogP contribution in [0.3, 0.4) is 0 Å². The number of rotatable bonds is 5. The summed E-state index contributed by atoms with van der Waals surface area (Å²) < 4.78 is 6.46. The number of aryl methyl sites for hydroxylation is 1. The molecule has 0 aliphatic rings. The molecule has 1 heterocycles. The summed E-state index contributed by atoms with van der Waals surface area (Å²) in [6.45, 7) is 5.66. The van der Waals surface area contributed by atoms with Crippen LogP contribution < -0.4 is 0 Å². The molecular formula is C14H16BrNOS. The zero-order valence-electron chi connectivity index (χ0n) is 10.6. The van der Waals surface area contributed by atoms with Gasteiger partial charge in [0, 0.05) is 27.9 Å². The van der Waals surface area contributed by atoms with Crippen LogP contribution in [0, 0.1) is 6.92 Å². The topological polar surface area (TPSA) is 22.1 Å². The summed E-state index contributed by atoms with van der Waals surface area (Å²) in [6, 6.07) is 8.27. The molecule has 0 aliphatic heterocycles. The molecule has 2 aromatic rings. The Morgan fingerprint density at radius 3 is 2.94 bits per heavy atom. The second kappa shape index (κ2) is 6.45. The van der Waals surface area contributed by atoms with Gasteiger partial charge in [0.1, 0.15) is 0 Å². The average molecular weight is 326 g/mol. The third-order valence-corrected chi connectivity index (χ3v) is 4.13. The third-order valence-electron chi connectivity index (χ3n) is 2.60. The second-order valence-electron chi connectivity index (χ2n) is 3.97. The fourth-order valence-corrected chi connectivity index (χ4v) is 3.10. The minimum atomic E-state index is 0.751. The first-order valence-corrected chi connectivity index (χ1v) is 7.61. The molecule has 96 valence electrons. The van der Waals surface area contributed by atoms with Gasteiger partial charge < -0.3 is 4.74 Å². The molecule has 0 aliphatic carbocycles. The number of benzene rings is 1. The van der Waals surface area contributed by atoms with E-state index < -0.39 is 0 Å². The van der Waals surface area contributed by atoms with Gasteiger partial charge in [0.2, 0.25) is 0 Å². The van der Waals surface area contributed by atoms with E-state index in [0.717, 1.165) is 34.8 Å². The molecule has 0 amide bonds. The van der Waals surface area contributed by atoms with E-state index in [1.807, 2.05) is 19.1 Å². The minimum Gasteiger partial charge on any atom is -0.381 e. The zero-order chi connectivity index (χ0) is 13.0. The molecule has 0 N–H and O–H groups in total. The van der Waals surface area contributed by atoms with Crippen molar-refractivity contribution in [3.05, 3.63) is 38.6 Å². The predicted molar refractivity (Wildman–Crippen MR) is 80.2 cm³/mol. The lowest BCUT2D eigenvalue weighted by molar-refractivity contribution is 0.151. The van der Waals surface area contributed by atoms with E-state index in [9.17, 15) is 0 Å². The molecule has 1 aromatic carbocycles. The van der Waals surface area contributed by atoms with Crippen molar-refractivity contribution in [2.24, 2.45) is 0 Å². The lowest BCUT2D eigenvalue weighted by atomic mass is 10.1. The lowest BCUT2D eigenvalue weighted by Gasteiger charge is -1.99. The maximum Gasteiger partial charge on any atom is 0.0958 e. The van der Waals surface area contributed by atoms with Gasteiger partial charge in [0.25, 0.3) is 0 Å². The summed E-state index contributed by atoms with van der Waals surface area (Å²) in [5.74, 6) is 0. The summed E-state index contributed by atoms with van der Waals surface area (Å²) in [5, 5.41) is 1.15. The van der Waals surface area contributed by atoms with Gasteiger partial charge in [-0.15, -0.1) is 11.3 Å². The van der Waals surface area contributed by atoms with Crippen LogP contribution >= 0.6 is 27.3 Å². The zero-order valence-corrected chi connectivity index (χ0v) is 13.0. The highest BCUT2D eigenvalue weighted by atomic mass is 79.9. The van der Waals surface area contributed by atoms with Crippen molar-refractivity contribution in [2.75, 3.05) is 13.2 Å². The summed E-state index contributed by atoms with van der Waals surface area (Å²) in [6.07, 6.45) is 0.896. The van der Waals surface area contributed by atoms with Crippen LogP contribution in [0.15, 0.2) is 28.7 Å². The molecule has 2 rings (SSSR count). The highest BCUT2D eigenvalue weighted by Crippen LogP contribution is 2.29. The Kier molecular flexibility index (Phi) is 4.92. The predicted octanol–water partition coefficient (Wildman–Crippen LogP) is 4.46. The summed E-state index contributed by atoms with van der Waals surface area (Å²) in [4.78, 5) is 5.97. The van der Waals surface area contributed by atoms with Crippen LogP contribution in [0.4, 0.5) is 0 Å². The van der Waals surface area contributed by atoms with Gasteiger partial charge in [-0.05, 0) is 26.0 Å². The molecule has 0 fully saturated rings. The number of aromatic nitrogens is 1. The Morgan fingerprint density at radius 2 is 2.22 bits per heavy atom. The Balaban J connectivity index is 2.18. The number of thiazole rings is 1. The number of hydrogen-bond acceptors (Lipinski definition) is 3. The molecule has 18 heavy (non-hydrogen) atoms. The first-order valence-electron chi connectivity index (χ1n) is 6.00. The molecule has 0 saturated carbocycles. The molecule has 0 bridgehead atoms. The summed E-state index contributed by atoms with van der Waals surface area (Å²) in [7, 11) is 0. The molecule has 0 radical (unpaired) electrons. The first kappa shape index (κ1) is 13.7. The Morgan fingerprint density at radius 1 is 1.39 bits per heavy atom. The summed E-state index contributed by atoms with van der Waals surface area (Å²) in [5.41, 5.74) is 2.26. The molecule has 0 unspecified atom stereocenters. The Bertz CT molecular complexity index is 524. The molecule has 2 nitrogen and oxygen atoms in total. The van der Waals surface area contributed by atoms with Crippen molar-refractivity contribution < 1.29 is 4.74 Å². The van der Waals surface area contributed by atoms with E-state index in [2.05, 4.69) is 35.0 Å². The van der Waals surface area contributed by atoms with Gasteiger partial charge in [-0.25, -0.2) is 4.98 Å². The van der Waals surface area contributed by atoms with Gasteiger partial charge in [0.05, 0.1) is 17.3 Å². The van der Waals surface area contributed by atoms with E-state index in [-0.39, 0.29) is 0 Å². The normalized spacial score (nSPS) is 10.8. The van der Waals surface area contributed by atoms with Crippen molar-refractivity contribution in [3.8, 4) is 11.3 Å². The smallest absolute Gasteiger partial charge is 0.0958 e. The van der Waals surface area contributed by atoms with Crippen molar-refractivity contribution in [3.63, 3.8) is 0 Å². The molecule has 1 aromatic heterocycles. The molecule has 4 heteroatoms. The van der Waals surface area contributed by atoms with Gasteiger partial charge in [-0.1, -0.05) is 28.1 Å². The highest BCUT2D eigenvalue weighted by molar-refractivity contribution is 9.10. The largest absolute Gasteiger partial charge is 0.381 e. The molecule has 0 saturated heterocycles. The number of halogens is 1. The Labute approximate surface area is 120 Å². The molecular weight excluding hydrogens is 310 g/mol. The van der Waals surface area contributed by atoms with E-state index in [1.165, 1.54) is 10.4 Å². The number of ether oxygens (including phenoxy) is 1. The van der Waals surface area contributed by atoms with Crippen molar-refractivity contribution in [1.29, 1.82) is 0 Å². The van der Waals surface area contributed by atoms with Gasteiger partial charge >= 0.3 is 0 Å². The number of nitrogens with zero attached hydrogens (tertiary/aromatic N) is 1. The van der Waals surface area contributed by atoms with Gasteiger partial charge in [-0.3, -0.25) is 0 Å². The van der Waals surface area contributed by atoms with Crippen LogP contribution in [0.2, 0.25) is 0 Å². The van der Waals surface area contributed by atoms with Crippen LogP contribution in [0.25, 0.3) is 11.3 Å². The van der Waals surface area contributed by atoms with Gasteiger partial charge in [0.15, 0.2) is 0 Å². The average Bonchev–Trinajstić information content (AvgIpc) is 2.71. The molecule has 0 spiro atoms.